The molecule has 0 fully saturated rings. The van der Waals surface area contributed by atoms with Gasteiger partial charge in [0.25, 0.3) is 5.71 Å². The second kappa shape index (κ2) is 6.68. The molecule has 0 heterocycles. The standard InChI is InChI=1S/C8H8N2O3/c1-3-5-13-10-7(6-9)8(11)12-4-2/h1H,4-5H2,2H3. The molecule has 0 aliphatic rings. The Morgan fingerprint density at radius 2 is 2.38 bits per heavy atom. The fraction of sp³-hybridized carbons (Fsp3) is 0.375. The van der Waals surface area contributed by atoms with E-state index in [4.69, 9.17) is 11.7 Å². The summed E-state index contributed by atoms with van der Waals surface area (Å²) in [6.45, 7) is 1.70. The summed E-state index contributed by atoms with van der Waals surface area (Å²) >= 11 is 0. The van der Waals surface area contributed by atoms with E-state index >= 15 is 0 Å². The molecule has 0 radical (unpaired) electrons. The van der Waals surface area contributed by atoms with E-state index in [1.165, 1.54) is 6.07 Å². The highest BCUT2D eigenvalue weighted by Crippen LogP contribution is 1.86. The van der Waals surface area contributed by atoms with Crippen molar-refractivity contribution in [2.45, 2.75) is 6.92 Å². The molecule has 5 heteroatoms. The van der Waals surface area contributed by atoms with Crippen molar-refractivity contribution < 1.29 is 14.4 Å². The van der Waals surface area contributed by atoms with Crippen molar-refractivity contribution in [2.24, 2.45) is 5.16 Å². The van der Waals surface area contributed by atoms with Crippen LogP contribution in [0.15, 0.2) is 5.16 Å². The number of rotatable bonds is 4. The van der Waals surface area contributed by atoms with Gasteiger partial charge in [-0.25, -0.2) is 4.79 Å². The first-order valence-corrected chi connectivity index (χ1v) is 3.46. The zero-order valence-corrected chi connectivity index (χ0v) is 7.11. The van der Waals surface area contributed by atoms with Gasteiger partial charge in [0.1, 0.15) is 6.07 Å². The Morgan fingerprint density at radius 1 is 1.69 bits per heavy atom. The minimum atomic E-state index is -0.818. The van der Waals surface area contributed by atoms with Gasteiger partial charge in [-0.2, -0.15) is 5.26 Å². The van der Waals surface area contributed by atoms with Gasteiger partial charge in [-0.1, -0.05) is 11.1 Å². The number of carbonyl (C=O) groups is 1. The molecule has 0 aromatic heterocycles. The number of hydrogen-bond donors (Lipinski definition) is 0. The van der Waals surface area contributed by atoms with Crippen LogP contribution in [-0.2, 0) is 14.4 Å². The fourth-order valence-electron chi connectivity index (χ4n) is 0.437. The van der Waals surface area contributed by atoms with Crippen molar-refractivity contribution >= 4 is 11.7 Å². The van der Waals surface area contributed by atoms with Crippen LogP contribution in [0.3, 0.4) is 0 Å². The summed E-state index contributed by atoms with van der Waals surface area (Å²) in [5.41, 5.74) is -0.447. The van der Waals surface area contributed by atoms with Crippen LogP contribution in [-0.4, -0.2) is 24.9 Å². The van der Waals surface area contributed by atoms with Crippen LogP contribution in [0.5, 0.6) is 0 Å². The number of carbonyl (C=O) groups excluding carboxylic acids is 1. The molecule has 0 amide bonds. The van der Waals surface area contributed by atoms with Crippen molar-refractivity contribution in [3.05, 3.63) is 0 Å². The molecule has 5 nitrogen and oxygen atoms in total. The number of esters is 1. The maximum atomic E-state index is 10.9. The SMILES string of the molecule is C#CCON=C(C#N)C(=O)OCC. The zero-order chi connectivity index (χ0) is 10.1. The predicted octanol–water partition coefficient (Wildman–Crippen LogP) is 0.0789. The Kier molecular flexibility index (Phi) is 5.65. The highest BCUT2D eigenvalue weighted by Gasteiger charge is 2.11. The molecular weight excluding hydrogens is 172 g/mol. The maximum Gasteiger partial charge on any atom is 0.371 e. The third-order valence-electron chi connectivity index (χ3n) is 0.878. The largest absolute Gasteiger partial charge is 0.461 e. The number of nitrogens with zero attached hydrogens (tertiary/aromatic N) is 2. The lowest BCUT2D eigenvalue weighted by Crippen LogP contribution is -2.16. The van der Waals surface area contributed by atoms with Crippen LogP contribution in [0.4, 0.5) is 0 Å². The second-order valence-electron chi connectivity index (χ2n) is 1.75. The summed E-state index contributed by atoms with van der Waals surface area (Å²) in [6, 6.07) is 1.53. The molecule has 13 heavy (non-hydrogen) atoms. The van der Waals surface area contributed by atoms with E-state index in [0.717, 1.165) is 0 Å². The van der Waals surface area contributed by atoms with Gasteiger partial charge in [-0.05, 0) is 6.92 Å². The number of terminal acetylenes is 1. The first-order chi connectivity index (χ1) is 6.26. The zero-order valence-electron chi connectivity index (χ0n) is 7.11. The van der Waals surface area contributed by atoms with Crippen molar-refractivity contribution in [3.63, 3.8) is 0 Å². The molecule has 0 aromatic rings. The van der Waals surface area contributed by atoms with Crippen molar-refractivity contribution in [2.75, 3.05) is 13.2 Å². The van der Waals surface area contributed by atoms with E-state index < -0.39 is 11.7 Å². The van der Waals surface area contributed by atoms with Gasteiger partial charge in [0, 0.05) is 0 Å². The molecule has 0 aromatic carbocycles. The number of ether oxygens (including phenoxy) is 1. The van der Waals surface area contributed by atoms with Crippen LogP contribution < -0.4 is 0 Å². The van der Waals surface area contributed by atoms with E-state index in [0.29, 0.717) is 0 Å². The lowest BCUT2D eigenvalue weighted by Gasteiger charge is -1.97. The lowest BCUT2D eigenvalue weighted by molar-refractivity contribution is -0.135. The average molecular weight is 180 g/mol. The molecule has 0 rings (SSSR count). The van der Waals surface area contributed by atoms with Gasteiger partial charge < -0.3 is 9.57 Å². The van der Waals surface area contributed by atoms with Crippen LogP contribution in [0, 0.1) is 23.7 Å². The topological polar surface area (TPSA) is 71.7 Å². The third kappa shape index (κ3) is 4.44. The highest BCUT2D eigenvalue weighted by atomic mass is 16.6. The van der Waals surface area contributed by atoms with Crippen LogP contribution in [0.1, 0.15) is 6.92 Å². The van der Waals surface area contributed by atoms with Gasteiger partial charge in [0.2, 0.25) is 0 Å². The molecule has 0 bridgehead atoms. The summed E-state index contributed by atoms with van der Waals surface area (Å²) in [7, 11) is 0. The van der Waals surface area contributed by atoms with Crippen LogP contribution in [0.2, 0.25) is 0 Å². The number of hydrogen-bond acceptors (Lipinski definition) is 5. The highest BCUT2D eigenvalue weighted by molar-refractivity contribution is 6.42. The van der Waals surface area contributed by atoms with E-state index in [1.807, 2.05) is 0 Å². The molecule has 0 aliphatic heterocycles. The Morgan fingerprint density at radius 3 is 2.85 bits per heavy atom. The van der Waals surface area contributed by atoms with Crippen LogP contribution in [0.25, 0.3) is 0 Å². The summed E-state index contributed by atoms with van der Waals surface area (Å²) in [4.78, 5) is 15.3. The fourth-order valence-corrected chi connectivity index (χ4v) is 0.437. The molecule has 0 saturated carbocycles. The lowest BCUT2D eigenvalue weighted by atomic mass is 10.4. The molecule has 0 spiro atoms. The summed E-state index contributed by atoms with van der Waals surface area (Å²) in [6.07, 6.45) is 4.85. The minimum Gasteiger partial charge on any atom is -0.461 e. The van der Waals surface area contributed by atoms with E-state index in [9.17, 15) is 4.79 Å². The molecular formula is C8H8N2O3. The molecule has 0 unspecified atom stereocenters. The second-order valence-corrected chi connectivity index (χ2v) is 1.75. The smallest absolute Gasteiger partial charge is 0.371 e. The van der Waals surface area contributed by atoms with Gasteiger partial charge in [-0.15, -0.1) is 6.42 Å². The van der Waals surface area contributed by atoms with Crippen molar-refractivity contribution in [3.8, 4) is 18.4 Å². The number of oxime groups is 1. The normalized spacial score (nSPS) is 9.62. The third-order valence-corrected chi connectivity index (χ3v) is 0.878. The number of nitriles is 1. The minimum absolute atomic E-state index is 0.0927. The molecule has 0 saturated heterocycles. The van der Waals surface area contributed by atoms with E-state index in [1.54, 1.807) is 6.92 Å². The maximum absolute atomic E-state index is 10.9. The van der Waals surface area contributed by atoms with E-state index in [2.05, 4.69) is 20.7 Å². The first kappa shape index (κ1) is 11.0. The van der Waals surface area contributed by atoms with E-state index in [-0.39, 0.29) is 13.2 Å². The monoisotopic (exact) mass is 180 g/mol. The van der Waals surface area contributed by atoms with Gasteiger partial charge >= 0.3 is 5.97 Å². The summed E-state index contributed by atoms with van der Waals surface area (Å²) in [5.74, 6) is 1.31. The van der Waals surface area contributed by atoms with Gasteiger partial charge in [0.15, 0.2) is 6.61 Å². The Hall–Kier alpha value is -2.01. The molecule has 68 valence electrons. The quantitative estimate of drug-likeness (QED) is 0.202. The molecule has 0 aliphatic carbocycles. The predicted molar refractivity (Wildman–Crippen MR) is 44.5 cm³/mol. The van der Waals surface area contributed by atoms with Crippen molar-refractivity contribution in [1.29, 1.82) is 5.26 Å². The van der Waals surface area contributed by atoms with Gasteiger partial charge in [-0.3, -0.25) is 0 Å². The Labute approximate surface area is 75.9 Å². The first-order valence-electron chi connectivity index (χ1n) is 3.46. The summed E-state index contributed by atoms with van der Waals surface area (Å²) in [5, 5.41) is 11.6. The van der Waals surface area contributed by atoms with Gasteiger partial charge in [0.05, 0.1) is 6.61 Å². The van der Waals surface area contributed by atoms with Crippen LogP contribution >= 0.6 is 0 Å². The molecule has 0 atom stereocenters. The molecule has 0 N–H and O–H groups in total. The average Bonchev–Trinajstić information content (AvgIpc) is 2.13. The Balaban J connectivity index is 4.19. The summed E-state index contributed by atoms with van der Waals surface area (Å²) < 4.78 is 4.50. The van der Waals surface area contributed by atoms with Crippen molar-refractivity contribution in [1.82, 2.24) is 0 Å². The Bertz CT molecular complexity index is 283.